The maximum Gasteiger partial charge on any atom is 0.192 e. The lowest BCUT2D eigenvalue weighted by Gasteiger charge is -2.45. The van der Waals surface area contributed by atoms with Crippen LogP contribution in [0.15, 0.2) is 60.7 Å². The van der Waals surface area contributed by atoms with Gasteiger partial charge in [0.2, 0.25) is 0 Å². The zero-order chi connectivity index (χ0) is 24.7. The second-order valence-electron chi connectivity index (χ2n) is 11.2. The Morgan fingerprint density at radius 3 is 2.03 bits per heavy atom. The van der Waals surface area contributed by atoms with E-state index >= 15 is 0 Å². The molecule has 33 heavy (non-hydrogen) atoms. The Morgan fingerprint density at radius 1 is 0.939 bits per heavy atom. The van der Waals surface area contributed by atoms with Crippen molar-refractivity contribution in [2.75, 3.05) is 6.61 Å². The molecule has 2 aromatic rings. The van der Waals surface area contributed by atoms with Crippen molar-refractivity contribution in [3.8, 4) is 0 Å². The molecule has 0 fully saturated rings. The third-order valence-electron chi connectivity index (χ3n) is 6.70. The minimum atomic E-state index is -2.10. The first kappa shape index (κ1) is 27.5. The first-order valence-corrected chi connectivity index (χ1v) is 14.8. The smallest absolute Gasteiger partial charge is 0.192 e. The van der Waals surface area contributed by atoms with E-state index in [1.165, 1.54) is 0 Å². The number of aliphatic hydroxyl groups excluding tert-OH is 1. The molecule has 4 nitrogen and oxygen atoms in total. The standard InChI is InChI=1S/C28H42O4Si/c1-27(2,3)33(6,7)32-26(19-24(29)18-25(30)23-16-12-9-13-17-23)28(4,5)21-31-20-22-14-10-8-11-15-22/h8-17,24,26,29H,18-21H2,1-7H3/t24-,26+/m1/s1. The fourth-order valence-corrected chi connectivity index (χ4v) is 4.92. The van der Waals surface area contributed by atoms with Gasteiger partial charge in [0.05, 0.1) is 25.4 Å². The summed E-state index contributed by atoms with van der Waals surface area (Å²) in [7, 11) is -2.10. The van der Waals surface area contributed by atoms with Gasteiger partial charge in [-0.25, -0.2) is 0 Å². The van der Waals surface area contributed by atoms with Crippen LogP contribution in [0.1, 0.15) is 63.4 Å². The van der Waals surface area contributed by atoms with Crippen LogP contribution in [-0.2, 0) is 15.8 Å². The largest absolute Gasteiger partial charge is 0.413 e. The Bertz CT molecular complexity index is 856. The number of ether oxygens (including phenoxy) is 1. The number of Topliss-reactive ketones (excluding diaryl/α,β-unsaturated/α-hetero) is 1. The maximum absolute atomic E-state index is 12.6. The van der Waals surface area contributed by atoms with Gasteiger partial charge in [-0.1, -0.05) is 95.3 Å². The summed E-state index contributed by atoms with van der Waals surface area (Å²) < 4.78 is 12.9. The van der Waals surface area contributed by atoms with Crippen LogP contribution >= 0.6 is 0 Å². The van der Waals surface area contributed by atoms with E-state index < -0.39 is 14.4 Å². The molecule has 1 N–H and O–H groups in total. The lowest BCUT2D eigenvalue weighted by Crippen LogP contribution is -2.50. The van der Waals surface area contributed by atoms with Gasteiger partial charge >= 0.3 is 0 Å². The number of hydrogen-bond donors (Lipinski definition) is 1. The van der Waals surface area contributed by atoms with Crippen LogP contribution in [0.2, 0.25) is 18.1 Å². The fourth-order valence-electron chi connectivity index (χ4n) is 3.44. The van der Waals surface area contributed by atoms with E-state index in [2.05, 4.69) is 59.8 Å². The summed E-state index contributed by atoms with van der Waals surface area (Å²) in [6.07, 6.45) is -0.525. The molecule has 0 unspecified atom stereocenters. The minimum absolute atomic E-state index is 0.0387. The van der Waals surface area contributed by atoms with Gasteiger partial charge in [-0.3, -0.25) is 4.79 Å². The van der Waals surface area contributed by atoms with Crippen LogP contribution < -0.4 is 0 Å². The molecule has 0 amide bonds. The third-order valence-corrected chi connectivity index (χ3v) is 11.2. The molecular weight excluding hydrogens is 428 g/mol. The Labute approximate surface area is 201 Å². The van der Waals surface area contributed by atoms with Crippen molar-refractivity contribution in [2.24, 2.45) is 5.41 Å². The Hall–Kier alpha value is -1.79. The molecule has 2 aromatic carbocycles. The molecule has 0 saturated carbocycles. The number of carbonyl (C=O) groups excluding carboxylic acids is 1. The Kier molecular flexibility index (Phi) is 9.62. The fraction of sp³-hybridized carbons (Fsp3) is 0.536. The Balaban J connectivity index is 2.11. The molecule has 0 aliphatic rings. The lowest BCUT2D eigenvalue weighted by molar-refractivity contribution is -0.0420. The number of benzene rings is 2. The molecule has 2 atom stereocenters. The number of carbonyl (C=O) groups is 1. The van der Waals surface area contributed by atoms with Crippen LogP contribution in [0.25, 0.3) is 0 Å². The highest BCUT2D eigenvalue weighted by molar-refractivity contribution is 6.74. The van der Waals surface area contributed by atoms with Gasteiger partial charge < -0.3 is 14.3 Å². The van der Waals surface area contributed by atoms with Crippen molar-refractivity contribution in [3.05, 3.63) is 71.8 Å². The summed E-state index contributed by atoms with van der Waals surface area (Å²) in [6.45, 7) is 16.4. The molecule has 0 aliphatic carbocycles. The summed E-state index contributed by atoms with van der Waals surface area (Å²) >= 11 is 0. The van der Waals surface area contributed by atoms with Crippen molar-refractivity contribution < 1.29 is 19.1 Å². The average Bonchev–Trinajstić information content (AvgIpc) is 2.73. The predicted octanol–water partition coefficient (Wildman–Crippen LogP) is 6.64. The molecule has 0 saturated heterocycles. The highest BCUT2D eigenvalue weighted by Gasteiger charge is 2.43. The highest BCUT2D eigenvalue weighted by atomic mass is 28.4. The first-order chi connectivity index (χ1) is 15.3. The van der Waals surface area contributed by atoms with Gasteiger partial charge in [0, 0.05) is 17.4 Å². The zero-order valence-corrected chi connectivity index (χ0v) is 22.4. The SMILES string of the molecule is CC(C)(COCc1ccccc1)[C@H](C[C@H](O)CC(=O)c1ccccc1)O[Si](C)(C)C(C)(C)C. The van der Waals surface area contributed by atoms with Crippen molar-refractivity contribution in [1.29, 1.82) is 0 Å². The summed E-state index contributed by atoms with van der Waals surface area (Å²) in [4.78, 5) is 12.6. The lowest BCUT2D eigenvalue weighted by atomic mass is 9.83. The number of ketones is 1. The topological polar surface area (TPSA) is 55.8 Å². The van der Waals surface area contributed by atoms with E-state index in [4.69, 9.17) is 9.16 Å². The van der Waals surface area contributed by atoms with Gasteiger partial charge in [0.25, 0.3) is 0 Å². The van der Waals surface area contributed by atoms with Crippen LogP contribution in [-0.4, -0.2) is 38.0 Å². The van der Waals surface area contributed by atoms with E-state index in [9.17, 15) is 9.90 Å². The summed E-state index contributed by atoms with van der Waals surface area (Å²) in [5.41, 5.74) is 1.42. The Morgan fingerprint density at radius 2 is 1.48 bits per heavy atom. The third kappa shape index (κ3) is 8.49. The van der Waals surface area contributed by atoms with E-state index in [0.29, 0.717) is 25.2 Å². The van der Waals surface area contributed by atoms with Crippen molar-refractivity contribution in [1.82, 2.24) is 0 Å². The number of aliphatic hydroxyl groups is 1. The van der Waals surface area contributed by atoms with Crippen LogP contribution in [0.3, 0.4) is 0 Å². The van der Waals surface area contributed by atoms with Crippen molar-refractivity contribution in [2.45, 2.75) is 84.4 Å². The van der Waals surface area contributed by atoms with Gasteiger partial charge in [-0.05, 0) is 30.1 Å². The molecule has 5 heteroatoms. The van der Waals surface area contributed by atoms with Crippen LogP contribution in [0, 0.1) is 5.41 Å². The number of rotatable bonds is 12. The average molecular weight is 471 g/mol. The molecule has 0 spiro atoms. The molecular formula is C28H42O4Si. The molecule has 0 heterocycles. The summed E-state index contributed by atoms with van der Waals surface area (Å²) in [5.74, 6) is -0.0488. The van der Waals surface area contributed by atoms with Gasteiger partial charge in [0.15, 0.2) is 14.1 Å². The monoisotopic (exact) mass is 470 g/mol. The second-order valence-corrected chi connectivity index (χ2v) is 16.0. The molecule has 0 aliphatic heterocycles. The maximum atomic E-state index is 12.6. The highest BCUT2D eigenvalue weighted by Crippen LogP contribution is 2.41. The molecule has 182 valence electrons. The van der Waals surface area contributed by atoms with E-state index in [0.717, 1.165) is 5.56 Å². The van der Waals surface area contributed by atoms with Gasteiger partial charge in [-0.15, -0.1) is 0 Å². The van der Waals surface area contributed by atoms with Gasteiger partial charge in [0.1, 0.15) is 0 Å². The molecule has 0 bridgehead atoms. The van der Waals surface area contributed by atoms with Gasteiger partial charge in [-0.2, -0.15) is 0 Å². The summed E-state index contributed by atoms with van der Waals surface area (Å²) in [6, 6.07) is 19.3. The molecule has 2 rings (SSSR count). The molecule has 0 radical (unpaired) electrons. The zero-order valence-electron chi connectivity index (χ0n) is 21.4. The number of hydrogen-bond acceptors (Lipinski definition) is 4. The van der Waals surface area contributed by atoms with E-state index in [-0.39, 0.29) is 28.8 Å². The van der Waals surface area contributed by atoms with Crippen molar-refractivity contribution >= 4 is 14.1 Å². The van der Waals surface area contributed by atoms with E-state index in [1.807, 2.05) is 36.4 Å². The molecule has 0 aromatic heterocycles. The summed E-state index contributed by atoms with van der Waals surface area (Å²) in [5, 5.41) is 10.9. The predicted molar refractivity (Wildman–Crippen MR) is 138 cm³/mol. The van der Waals surface area contributed by atoms with Crippen LogP contribution in [0.4, 0.5) is 0 Å². The van der Waals surface area contributed by atoms with E-state index in [1.54, 1.807) is 12.1 Å². The van der Waals surface area contributed by atoms with Crippen molar-refractivity contribution in [3.63, 3.8) is 0 Å². The minimum Gasteiger partial charge on any atom is -0.413 e. The first-order valence-electron chi connectivity index (χ1n) is 11.9. The quantitative estimate of drug-likeness (QED) is 0.279. The second kappa shape index (κ2) is 11.6. The van der Waals surface area contributed by atoms with Crippen LogP contribution in [0.5, 0.6) is 0 Å². The normalized spacial score (nSPS) is 14.7.